The van der Waals surface area contributed by atoms with Gasteiger partial charge in [0.2, 0.25) is 0 Å². The predicted octanol–water partition coefficient (Wildman–Crippen LogP) is 3.91. The number of hydrogen-bond acceptors (Lipinski definition) is 4. The molecule has 0 aliphatic heterocycles. The Morgan fingerprint density at radius 2 is 2.00 bits per heavy atom. The van der Waals surface area contributed by atoms with Crippen LogP contribution in [0.3, 0.4) is 0 Å². The molecule has 0 radical (unpaired) electrons. The van der Waals surface area contributed by atoms with E-state index in [0.29, 0.717) is 18.8 Å². The lowest BCUT2D eigenvalue weighted by atomic mass is 10.1. The highest BCUT2D eigenvalue weighted by Crippen LogP contribution is 2.27. The molecule has 0 amide bonds. The number of para-hydroxylation sites is 1. The van der Waals surface area contributed by atoms with Crippen LogP contribution in [0.25, 0.3) is 0 Å². The van der Waals surface area contributed by atoms with Gasteiger partial charge in [-0.1, -0.05) is 24.3 Å². The van der Waals surface area contributed by atoms with Crippen LogP contribution in [0.1, 0.15) is 18.1 Å². The summed E-state index contributed by atoms with van der Waals surface area (Å²) in [6, 6.07) is 12.7. The number of nitro groups is 1. The van der Waals surface area contributed by atoms with Crippen LogP contribution in [0.4, 0.5) is 11.4 Å². The Balaban J connectivity index is 2.20. The van der Waals surface area contributed by atoms with Gasteiger partial charge in [-0.15, -0.1) is 0 Å². The lowest BCUT2D eigenvalue weighted by Gasteiger charge is -2.12. The van der Waals surface area contributed by atoms with Crippen LogP contribution >= 0.6 is 0 Å². The molecule has 2 rings (SSSR count). The van der Waals surface area contributed by atoms with Gasteiger partial charge in [0.1, 0.15) is 11.4 Å². The van der Waals surface area contributed by atoms with Crippen molar-refractivity contribution in [3.63, 3.8) is 0 Å². The Morgan fingerprint density at radius 1 is 1.24 bits per heavy atom. The van der Waals surface area contributed by atoms with Crippen molar-refractivity contribution >= 4 is 11.4 Å². The SMILES string of the molecule is CCOc1ccccc1CNc1cc(C)ccc1[N+](=O)[O-]. The Morgan fingerprint density at radius 3 is 2.71 bits per heavy atom. The first-order chi connectivity index (χ1) is 10.1. The fourth-order valence-corrected chi connectivity index (χ4v) is 2.09. The first kappa shape index (κ1) is 14.8. The van der Waals surface area contributed by atoms with Crippen molar-refractivity contribution in [2.75, 3.05) is 11.9 Å². The van der Waals surface area contributed by atoms with Crippen LogP contribution in [0.15, 0.2) is 42.5 Å². The summed E-state index contributed by atoms with van der Waals surface area (Å²) in [4.78, 5) is 10.7. The molecule has 5 heteroatoms. The first-order valence-electron chi connectivity index (χ1n) is 6.81. The van der Waals surface area contributed by atoms with E-state index in [4.69, 9.17) is 4.74 Å². The van der Waals surface area contributed by atoms with Crippen LogP contribution < -0.4 is 10.1 Å². The van der Waals surface area contributed by atoms with Crippen LogP contribution in [-0.2, 0) is 6.54 Å². The number of ether oxygens (including phenoxy) is 1. The van der Waals surface area contributed by atoms with Gasteiger partial charge in [-0.05, 0) is 31.5 Å². The molecule has 0 atom stereocenters. The molecule has 0 heterocycles. The normalized spacial score (nSPS) is 10.2. The van der Waals surface area contributed by atoms with Gasteiger partial charge in [-0.3, -0.25) is 10.1 Å². The van der Waals surface area contributed by atoms with Crippen molar-refractivity contribution < 1.29 is 9.66 Å². The summed E-state index contributed by atoms with van der Waals surface area (Å²) in [5.41, 5.74) is 2.54. The monoisotopic (exact) mass is 286 g/mol. The second-order valence-electron chi connectivity index (χ2n) is 4.67. The molecule has 0 spiro atoms. The summed E-state index contributed by atoms with van der Waals surface area (Å²) in [7, 11) is 0. The van der Waals surface area contributed by atoms with Gasteiger partial charge in [0.25, 0.3) is 5.69 Å². The van der Waals surface area contributed by atoms with Gasteiger partial charge in [0.15, 0.2) is 0 Å². The Kier molecular flexibility index (Phi) is 4.77. The van der Waals surface area contributed by atoms with Crippen LogP contribution in [-0.4, -0.2) is 11.5 Å². The molecular weight excluding hydrogens is 268 g/mol. The number of nitrogens with one attached hydrogen (secondary N) is 1. The number of rotatable bonds is 6. The summed E-state index contributed by atoms with van der Waals surface area (Å²) < 4.78 is 5.55. The van der Waals surface area contributed by atoms with E-state index >= 15 is 0 Å². The topological polar surface area (TPSA) is 64.4 Å². The van der Waals surface area contributed by atoms with E-state index < -0.39 is 0 Å². The summed E-state index contributed by atoms with van der Waals surface area (Å²) in [5, 5.41) is 14.2. The number of benzene rings is 2. The number of aryl methyl sites for hydroxylation is 1. The van der Waals surface area contributed by atoms with Gasteiger partial charge in [0.05, 0.1) is 11.5 Å². The summed E-state index contributed by atoms with van der Waals surface area (Å²) in [6.45, 7) is 4.89. The highest BCUT2D eigenvalue weighted by atomic mass is 16.6. The molecule has 0 fully saturated rings. The summed E-state index contributed by atoms with van der Waals surface area (Å²) in [5.74, 6) is 0.794. The average molecular weight is 286 g/mol. The Labute approximate surface area is 123 Å². The van der Waals surface area contributed by atoms with Crippen molar-refractivity contribution in [2.45, 2.75) is 20.4 Å². The van der Waals surface area contributed by atoms with E-state index in [1.165, 1.54) is 6.07 Å². The number of nitro benzene ring substituents is 1. The molecule has 110 valence electrons. The molecule has 5 nitrogen and oxygen atoms in total. The molecule has 0 saturated carbocycles. The minimum Gasteiger partial charge on any atom is -0.494 e. The van der Waals surface area contributed by atoms with E-state index in [1.54, 1.807) is 12.1 Å². The van der Waals surface area contributed by atoms with Crippen molar-refractivity contribution in [3.05, 3.63) is 63.7 Å². The second-order valence-corrected chi connectivity index (χ2v) is 4.67. The maximum absolute atomic E-state index is 11.1. The van der Waals surface area contributed by atoms with E-state index in [0.717, 1.165) is 16.9 Å². The lowest BCUT2D eigenvalue weighted by molar-refractivity contribution is -0.384. The molecule has 0 aromatic heterocycles. The van der Waals surface area contributed by atoms with Crippen LogP contribution in [0, 0.1) is 17.0 Å². The standard InChI is InChI=1S/C16H18N2O3/c1-3-21-16-7-5-4-6-13(16)11-17-14-10-12(2)8-9-15(14)18(19)20/h4-10,17H,3,11H2,1-2H3. The molecule has 0 aliphatic carbocycles. The van der Waals surface area contributed by atoms with Gasteiger partial charge in [-0.2, -0.15) is 0 Å². The molecule has 0 bridgehead atoms. The zero-order chi connectivity index (χ0) is 15.2. The van der Waals surface area contributed by atoms with Crippen molar-refractivity contribution in [1.29, 1.82) is 0 Å². The third-order valence-corrected chi connectivity index (χ3v) is 3.09. The maximum atomic E-state index is 11.1. The molecule has 0 unspecified atom stereocenters. The van der Waals surface area contributed by atoms with Crippen molar-refractivity contribution in [1.82, 2.24) is 0 Å². The molecule has 2 aromatic carbocycles. The van der Waals surface area contributed by atoms with Gasteiger partial charge in [0, 0.05) is 18.2 Å². The highest BCUT2D eigenvalue weighted by molar-refractivity contribution is 5.63. The van der Waals surface area contributed by atoms with E-state index in [1.807, 2.05) is 38.1 Å². The van der Waals surface area contributed by atoms with E-state index in [9.17, 15) is 10.1 Å². The summed E-state index contributed by atoms with van der Waals surface area (Å²) >= 11 is 0. The second kappa shape index (κ2) is 6.74. The van der Waals surface area contributed by atoms with E-state index in [-0.39, 0.29) is 10.6 Å². The number of hydrogen-bond donors (Lipinski definition) is 1. The van der Waals surface area contributed by atoms with Gasteiger partial charge < -0.3 is 10.1 Å². The predicted molar refractivity (Wildman–Crippen MR) is 82.8 cm³/mol. The third kappa shape index (κ3) is 3.72. The van der Waals surface area contributed by atoms with E-state index in [2.05, 4.69) is 5.32 Å². The molecular formula is C16H18N2O3. The molecule has 2 aromatic rings. The summed E-state index contributed by atoms with van der Waals surface area (Å²) in [6.07, 6.45) is 0. The fraction of sp³-hybridized carbons (Fsp3) is 0.250. The quantitative estimate of drug-likeness (QED) is 0.646. The van der Waals surface area contributed by atoms with Crippen LogP contribution in [0.5, 0.6) is 5.75 Å². The molecule has 0 saturated heterocycles. The van der Waals surface area contributed by atoms with Gasteiger partial charge >= 0.3 is 0 Å². The van der Waals surface area contributed by atoms with Crippen molar-refractivity contribution in [3.8, 4) is 5.75 Å². The third-order valence-electron chi connectivity index (χ3n) is 3.09. The van der Waals surface area contributed by atoms with Gasteiger partial charge in [-0.25, -0.2) is 0 Å². The largest absolute Gasteiger partial charge is 0.494 e. The Hall–Kier alpha value is -2.56. The first-order valence-corrected chi connectivity index (χ1v) is 6.81. The maximum Gasteiger partial charge on any atom is 0.292 e. The zero-order valence-corrected chi connectivity index (χ0v) is 12.1. The fourth-order valence-electron chi connectivity index (χ4n) is 2.09. The van der Waals surface area contributed by atoms with Crippen molar-refractivity contribution in [2.24, 2.45) is 0 Å². The minimum absolute atomic E-state index is 0.0782. The molecule has 21 heavy (non-hydrogen) atoms. The molecule has 0 aliphatic rings. The Bertz CT molecular complexity index is 641. The minimum atomic E-state index is -0.379. The zero-order valence-electron chi connectivity index (χ0n) is 12.1. The smallest absolute Gasteiger partial charge is 0.292 e. The average Bonchev–Trinajstić information content (AvgIpc) is 2.46. The molecule has 1 N–H and O–H groups in total. The number of anilines is 1. The van der Waals surface area contributed by atoms with Crippen LogP contribution in [0.2, 0.25) is 0 Å². The number of nitrogens with zero attached hydrogens (tertiary/aromatic N) is 1. The highest BCUT2D eigenvalue weighted by Gasteiger charge is 2.13. The lowest BCUT2D eigenvalue weighted by Crippen LogP contribution is -2.05.